The predicted octanol–water partition coefficient (Wildman–Crippen LogP) is 3.91. The van der Waals surface area contributed by atoms with Crippen LogP contribution in [-0.2, 0) is 6.42 Å². The van der Waals surface area contributed by atoms with Crippen LogP contribution in [0.1, 0.15) is 37.6 Å². The molecule has 0 spiro atoms. The molecule has 0 unspecified atom stereocenters. The van der Waals surface area contributed by atoms with E-state index in [0.29, 0.717) is 29.3 Å². The van der Waals surface area contributed by atoms with Gasteiger partial charge in [0.05, 0.1) is 6.20 Å². The number of nitrogens with one attached hydrogen (secondary N) is 2. The molecule has 3 rings (SSSR count). The third-order valence-corrected chi connectivity index (χ3v) is 6.15. The van der Waals surface area contributed by atoms with Crippen LogP contribution in [0.5, 0.6) is 0 Å². The monoisotopic (exact) mass is 341 g/mol. The first-order valence-corrected chi connectivity index (χ1v) is 9.18. The molecule has 24 heavy (non-hydrogen) atoms. The summed E-state index contributed by atoms with van der Waals surface area (Å²) in [5.74, 6) is 1.88. The minimum Gasteiger partial charge on any atom is -0.366 e. The lowest BCUT2D eigenvalue weighted by Gasteiger charge is -2.51. The van der Waals surface area contributed by atoms with E-state index in [1.54, 1.807) is 17.5 Å². The molecule has 0 amide bonds. The SMILES string of the molecule is C[C@H]1C[C@@H](Nc2nc(NCCc3cccs3)ncc2C#N)C1(C)C. The fourth-order valence-corrected chi connectivity index (χ4v) is 3.67. The Kier molecular flexibility index (Phi) is 4.72. The van der Waals surface area contributed by atoms with Crippen molar-refractivity contribution < 1.29 is 0 Å². The molecule has 1 fully saturated rings. The van der Waals surface area contributed by atoms with E-state index >= 15 is 0 Å². The molecule has 0 saturated heterocycles. The van der Waals surface area contributed by atoms with Gasteiger partial charge in [-0.15, -0.1) is 11.3 Å². The first kappa shape index (κ1) is 16.7. The van der Waals surface area contributed by atoms with Crippen molar-refractivity contribution in [1.29, 1.82) is 5.26 Å². The molecule has 2 aromatic heterocycles. The highest BCUT2D eigenvalue weighted by atomic mass is 32.1. The van der Waals surface area contributed by atoms with Crippen LogP contribution in [0.2, 0.25) is 0 Å². The van der Waals surface area contributed by atoms with Gasteiger partial charge in [-0.05, 0) is 35.6 Å². The highest BCUT2D eigenvalue weighted by Crippen LogP contribution is 2.47. The van der Waals surface area contributed by atoms with Crippen LogP contribution >= 0.6 is 11.3 Å². The molecule has 2 heterocycles. The Balaban J connectivity index is 1.66. The van der Waals surface area contributed by atoms with Gasteiger partial charge in [-0.2, -0.15) is 10.2 Å². The van der Waals surface area contributed by atoms with Crippen LogP contribution < -0.4 is 10.6 Å². The van der Waals surface area contributed by atoms with Gasteiger partial charge in [0.1, 0.15) is 17.5 Å². The third-order valence-electron chi connectivity index (χ3n) is 5.21. The Labute approximate surface area is 147 Å². The summed E-state index contributed by atoms with van der Waals surface area (Å²) in [7, 11) is 0. The van der Waals surface area contributed by atoms with E-state index in [4.69, 9.17) is 0 Å². The van der Waals surface area contributed by atoms with Crippen molar-refractivity contribution in [3.63, 3.8) is 0 Å². The summed E-state index contributed by atoms with van der Waals surface area (Å²) in [6.45, 7) is 7.55. The number of aromatic nitrogens is 2. The molecule has 0 aliphatic heterocycles. The standard InChI is InChI=1S/C18H23N5S/c1-12-9-15(18(12,2)3)22-16-13(10-19)11-21-17(23-16)20-7-6-14-5-4-8-24-14/h4-5,8,11-12,15H,6-7,9H2,1-3H3,(H2,20,21,22,23)/t12-,15+/m0/s1. The molecule has 1 aliphatic carbocycles. The second-order valence-corrected chi connectivity index (χ2v) is 8.01. The van der Waals surface area contributed by atoms with Crippen molar-refractivity contribution in [2.24, 2.45) is 11.3 Å². The quantitative estimate of drug-likeness (QED) is 0.833. The van der Waals surface area contributed by atoms with Gasteiger partial charge < -0.3 is 10.6 Å². The van der Waals surface area contributed by atoms with Gasteiger partial charge in [0, 0.05) is 17.5 Å². The van der Waals surface area contributed by atoms with Crippen LogP contribution in [-0.4, -0.2) is 22.6 Å². The second kappa shape index (κ2) is 6.78. The van der Waals surface area contributed by atoms with E-state index in [9.17, 15) is 5.26 Å². The maximum atomic E-state index is 9.31. The lowest BCUT2D eigenvalue weighted by Crippen LogP contribution is -2.52. The maximum Gasteiger partial charge on any atom is 0.224 e. The first-order chi connectivity index (χ1) is 11.5. The molecule has 1 saturated carbocycles. The molecule has 2 N–H and O–H groups in total. The zero-order chi connectivity index (χ0) is 17.2. The van der Waals surface area contributed by atoms with Crippen molar-refractivity contribution in [2.75, 3.05) is 17.2 Å². The van der Waals surface area contributed by atoms with Crippen molar-refractivity contribution >= 4 is 23.1 Å². The summed E-state index contributed by atoms with van der Waals surface area (Å²) < 4.78 is 0. The molecular weight excluding hydrogens is 318 g/mol. The Hall–Kier alpha value is -2.13. The molecule has 5 nitrogen and oxygen atoms in total. The maximum absolute atomic E-state index is 9.31. The van der Waals surface area contributed by atoms with Gasteiger partial charge in [-0.25, -0.2) is 4.98 Å². The van der Waals surface area contributed by atoms with Gasteiger partial charge >= 0.3 is 0 Å². The normalized spacial score (nSPS) is 21.6. The summed E-state index contributed by atoms with van der Waals surface area (Å²) in [6.07, 6.45) is 3.64. The fraction of sp³-hybridized carbons (Fsp3) is 0.500. The Morgan fingerprint density at radius 2 is 2.29 bits per heavy atom. The fourth-order valence-electron chi connectivity index (χ4n) is 2.97. The van der Waals surface area contributed by atoms with Gasteiger partial charge in [0.2, 0.25) is 5.95 Å². The average molecular weight is 341 g/mol. The van der Waals surface area contributed by atoms with Gasteiger partial charge in [0.25, 0.3) is 0 Å². The van der Waals surface area contributed by atoms with E-state index in [-0.39, 0.29) is 5.41 Å². The van der Waals surface area contributed by atoms with E-state index in [1.807, 2.05) is 0 Å². The van der Waals surface area contributed by atoms with Gasteiger partial charge in [0.15, 0.2) is 0 Å². The second-order valence-electron chi connectivity index (χ2n) is 6.98. The summed E-state index contributed by atoms with van der Waals surface area (Å²) >= 11 is 1.75. The summed E-state index contributed by atoms with van der Waals surface area (Å²) in [5.41, 5.74) is 0.707. The number of hydrogen-bond donors (Lipinski definition) is 2. The zero-order valence-corrected chi connectivity index (χ0v) is 15.2. The highest BCUT2D eigenvalue weighted by Gasteiger charge is 2.45. The molecular formula is C18H23N5S. The average Bonchev–Trinajstić information content (AvgIpc) is 3.08. The summed E-state index contributed by atoms with van der Waals surface area (Å²) in [5, 5.41) is 18.1. The van der Waals surface area contributed by atoms with Crippen LogP contribution in [0.25, 0.3) is 0 Å². The van der Waals surface area contributed by atoms with Crippen LogP contribution in [0.4, 0.5) is 11.8 Å². The first-order valence-electron chi connectivity index (χ1n) is 8.30. The minimum absolute atomic E-state index is 0.213. The molecule has 126 valence electrons. The number of hydrogen-bond acceptors (Lipinski definition) is 6. The number of anilines is 2. The minimum atomic E-state index is 0.213. The third kappa shape index (κ3) is 3.36. The van der Waals surface area contributed by atoms with E-state index < -0.39 is 0 Å². The van der Waals surface area contributed by atoms with Crippen LogP contribution in [0.3, 0.4) is 0 Å². The topological polar surface area (TPSA) is 73.6 Å². The molecule has 0 radical (unpaired) electrons. The zero-order valence-electron chi connectivity index (χ0n) is 14.3. The molecule has 1 aliphatic rings. The van der Waals surface area contributed by atoms with Crippen LogP contribution in [0, 0.1) is 22.7 Å². The number of rotatable bonds is 6. The van der Waals surface area contributed by atoms with Crippen molar-refractivity contribution in [3.8, 4) is 6.07 Å². The molecule has 2 atom stereocenters. The largest absolute Gasteiger partial charge is 0.366 e. The highest BCUT2D eigenvalue weighted by molar-refractivity contribution is 7.09. The van der Waals surface area contributed by atoms with Crippen molar-refractivity contribution in [2.45, 2.75) is 39.7 Å². The summed E-state index contributed by atoms with van der Waals surface area (Å²) in [4.78, 5) is 10.1. The van der Waals surface area contributed by atoms with E-state index in [1.165, 1.54) is 4.88 Å². The molecule has 6 heteroatoms. The predicted molar refractivity (Wildman–Crippen MR) is 98.2 cm³/mol. The van der Waals surface area contributed by atoms with Crippen molar-refractivity contribution in [3.05, 3.63) is 34.2 Å². The Morgan fingerprint density at radius 3 is 2.92 bits per heavy atom. The van der Waals surface area contributed by atoms with Crippen molar-refractivity contribution in [1.82, 2.24) is 9.97 Å². The number of nitriles is 1. The van der Waals surface area contributed by atoms with Gasteiger partial charge in [-0.1, -0.05) is 26.8 Å². The van der Waals surface area contributed by atoms with Gasteiger partial charge in [-0.3, -0.25) is 0 Å². The molecule has 0 aromatic carbocycles. The van der Waals surface area contributed by atoms with Crippen LogP contribution in [0.15, 0.2) is 23.7 Å². The summed E-state index contributed by atoms with van der Waals surface area (Å²) in [6, 6.07) is 6.70. The van der Waals surface area contributed by atoms with E-state index in [2.05, 4.69) is 65.0 Å². The number of thiophene rings is 1. The smallest absolute Gasteiger partial charge is 0.224 e. The lowest BCUT2D eigenvalue weighted by atomic mass is 9.59. The molecule has 0 bridgehead atoms. The Morgan fingerprint density at radius 1 is 1.46 bits per heavy atom. The Bertz CT molecular complexity index is 732. The molecule has 2 aromatic rings. The van der Waals surface area contributed by atoms with E-state index in [0.717, 1.165) is 19.4 Å². The number of nitrogens with zero attached hydrogens (tertiary/aromatic N) is 3. The lowest BCUT2D eigenvalue weighted by molar-refractivity contribution is 0.0654.